The Hall–Kier alpha value is -2.27. The maximum atomic E-state index is 13.6. The fraction of sp³-hybridized carbons (Fsp3) is 0.500. The summed E-state index contributed by atoms with van der Waals surface area (Å²) in [4.78, 5) is 38.0. The van der Waals surface area contributed by atoms with Gasteiger partial charge in [0, 0.05) is 45.5 Å². The number of β-amino-alcohol motifs (C(OH)–C–C–N with tert-alkyl or cyclic N) is 1. The first kappa shape index (κ1) is 24.8. The zero-order valence-corrected chi connectivity index (χ0v) is 21.5. The van der Waals surface area contributed by atoms with Gasteiger partial charge in [-0.1, -0.05) is 43.9 Å². The number of aromatic nitrogens is 2. The molecule has 182 valence electrons. The van der Waals surface area contributed by atoms with Crippen molar-refractivity contribution in [2.24, 2.45) is 5.92 Å². The first-order chi connectivity index (χ1) is 16.3. The van der Waals surface area contributed by atoms with Gasteiger partial charge in [0.25, 0.3) is 11.5 Å². The normalized spacial score (nSPS) is 18.8. The van der Waals surface area contributed by atoms with Crippen LogP contribution in [-0.4, -0.2) is 80.4 Å². The highest BCUT2D eigenvalue weighted by Gasteiger charge is 2.33. The lowest BCUT2D eigenvalue weighted by Gasteiger charge is -2.35. The smallest absolute Gasteiger partial charge is 0.267 e. The Morgan fingerprint density at radius 1 is 1.18 bits per heavy atom. The molecule has 0 aliphatic carbocycles. The van der Waals surface area contributed by atoms with E-state index in [1.807, 2.05) is 19.1 Å². The van der Waals surface area contributed by atoms with Crippen molar-refractivity contribution >= 4 is 51.7 Å². The van der Waals surface area contributed by atoms with Crippen molar-refractivity contribution in [1.29, 1.82) is 0 Å². The summed E-state index contributed by atoms with van der Waals surface area (Å²) in [5.41, 5.74) is 1.73. The van der Waals surface area contributed by atoms with E-state index in [0.717, 1.165) is 25.1 Å². The highest BCUT2D eigenvalue weighted by atomic mass is 32.2. The second-order valence-corrected chi connectivity index (χ2v) is 10.8. The number of hydrogen-bond donors (Lipinski definition) is 1. The van der Waals surface area contributed by atoms with Gasteiger partial charge in [0.15, 0.2) is 0 Å². The van der Waals surface area contributed by atoms with E-state index in [0.29, 0.717) is 58.4 Å². The predicted octanol–water partition coefficient (Wildman–Crippen LogP) is 2.36. The number of carbonyl (C=O) groups is 1. The summed E-state index contributed by atoms with van der Waals surface area (Å²) in [6, 6.07) is 3.78. The summed E-state index contributed by atoms with van der Waals surface area (Å²) in [5, 5.41) is 9.25. The molecule has 0 unspecified atom stereocenters. The molecular weight excluding hydrogens is 470 g/mol. The van der Waals surface area contributed by atoms with E-state index >= 15 is 0 Å². The molecule has 4 heterocycles. The van der Waals surface area contributed by atoms with Gasteiger partial charge < -0.3 is 10.0 Å². The monoisotopic (exact) mass is 501 g/mol. The molecule has 2 aromatic rings. The van der Waals surface area contributed by atoms with Crippen LogP contribution in [0.4, 0.5) is 5.82 Å². The number of amides is 1. The SMILES string of the molecule is Cc1ccc2nc(N3CCN(CCO)CC3)c(/C=C3\SC(=S)N(CCC(C)C)C3=O)c(=O)n2c1. The number of fused-ring (bicyclic) bond motifs is 1. The fourth-order valence-corrected chi connectivity index (χ4v) is 5.44. The minimum Gasteiger partial charge on any atom is -0.395 e. The first-order valence-electron chi connectivity index (χ1n) is 11.6. The number of aliphatic hydroxyl groups excluding tert-OH is 1. The lowest BCUT2D eigenvalue weighted by Crippen LogP contribution is -2.48. The molecule has 2 aromatic heterocycles. The number of aliphatic hydroxyl groups is 1. The Morgan fingerprint density at radius 2 is 1.91 bits per heavy atom. The van der Waals surface area contributed by atoms with Crippen molar-refractivity contribution in [2.75, 3.05) is 50.8 Å². The maximum absolute atomic E-state index is 13.6. The molecule has 2 fully saturated rings. The quantitative estimate of drug-likeness (QED) is 0.458. The van der Waals surface area contributed by atoms with E-state index in [9.17, 15) is 14.7 Å². The molecule has 1 N–H and O–H groups in total. The second kappa shape index (κ2) is 10.6. The lowest BCUT2D eigenvalue weighted by molar-refractivity contribution is -0.122. The Balaban J connectivity index is 1.74. The molecule has 1 amide bonds. The number of piperazine rings is 1. The predicted molar refractivity (Wildman–Crippen MR) is 141 cm³/mol. The van der Waals surface area contributed by atoms with Gasteiger partial charge in [0.1, 0.15) is 15.8 Å². The molecule has 0 atom stereocenters. The number of thioether (sulfide) groups is 1. The van der Waals surface area contributed by atoms with Crippen molar-refractivity contribution in [2.45, 2.75) is 27.2 Å². The third-order valence-corrected chi connectivity index (χ3v) is 7.53. The van der Waals surface area contributed by atoms with E-state index in [1.165, 1.54) is 11.8 Å². The van der Waals surface area contributed by atoms with Crippen LogP contribution in [0.5, 0.6) is 0 Å². The third-order valence-electron chi connectivity index (χ3n) is 6.15. The zero-order valence-electron chi connectivity index (χ0n) is 19.9. The highest BCUT2D eigenvalue weighted by molar-refractivity contribution is 8.26. The van der Waals surface area contributed by atoms with Gasteiger partial charge in [0.2, 0.25) is 0 Å². The average molecular weight is 502 g/mol. The molecule has 4 rings (SSSR count). The molecule has 2 aliphatic rings. The van der Waals surface area contributed by atoms with Crippen LogP contribution in [0, 0.1) is 12.8 Å². The number of aryl methyl sites for hydroxylation is 1. The van der Waals surface area contributed by atoms with Gasteiger partial charge in [-0.05, 0) is 37.0 Å². The number of rotatable bonds is 7. The Labute approximate surface area is 209 Å². The van der Waals surface area contributed by atoms with Crippen LogP contribution in [0.3, 0.4) is 0 Å². The van der Waals surface area contributed by atoms with Crippen LogP contribution in [0.1, 0.15) is 31.4 Å². The van der Waals surface area contributed by atoms with Gasteiger partial charge in [-0.15, -0.1) is 0 Å². The van der Waals surface area contributed by atoms with Crippen molar-refractivity contribution in [3.8, 4) is 0 Å². The van der Waals surface area contributed by atoms with Crippen LogP contribution in [0.25, 0.3) is 11.7 Å². The Bertz CT molecular complexity index is 1190. The van der Waals surface area contributed by atoms with Crippen molar-refractivity contribution in [1.82, 2.24) is 19.2 Å². The lowest BCUT2D eigenvalue weighted by atomic mass is 10.1. The number of nitrogens with zero attached hydrogens (tertiary/aromatic N) is 5. The van der Waals surface area contributed by atoms with Gasteiger partial charge in [-0.3, -0.25) is 23.8 Å². The van der Waals surface area contributed by atoms with Crippen molar-refractivity contribution in [3.63, 3.8) is 0 Å². The van der Waals surface area contributed by atoms with Gasteiger partial charge in [-0.25, -0.2) is 4.98 Å². The Morgan fingerprint density at radius 3 is 2.59 bits per heavy atom. The summed E-state index contributed by atoms with van der Waals surface area (Å²) in [5.74, 6) is 0.898. The van der Waals surface area contributed by atoms with E-state index in [-0.39, 0.29) is 18.1 Å². The van der Waals surface area contributed by atoms with Crippen molar-refractivity contribution < 1.29 is 9.90 Å². The van der Waals surface area contributed by atoms with E-state index < -0.39 is 0 Å². The molecule has 0 spiro atoms. The average Bonchev–Trinajstić information content (AvgIpc) is 3.07. The van der Waals surface area contributed by atoms with Crippen LogP contribution in [0.15, 0.2) is 28.0 Å². The molecule has 10 heteroatoms. The van der Waals surface area contributed by atoms with Crippen LogP contribution >= 0.6 is 24.0 Å². The molecular formula is C24H31N5O3S2. The van der Waals surface area contributed by atoms with Gasteiger partial charge in [0.05, 0.1) is 17.1 Å². The minimum atomic E-state index is -0.200. The summed E-state index contributed by atoms with van der Waals surface area (Å²) in [7, 11) is 0. The molecule has 0 aromatic carbocycles. The number of thiocarbonyl (C=S) groups is 1. The molecule has 0 saturated carbocycles. The fourth-order valence-electron chi connectivity index (χ4n) is 4.15. The molecule has 0 radical (unpaired) electrons. The number of hydrogen-bond acceptors (Lipinski definition) is 8. The highest BCUT2D eigenvalue weighted by Crippen LogP contribution is 2.34. The number of anilines is 1. The van der Waals surface area contributed by atoms with Crippen molar-refractivity contribution in [3.05, 3.63) is 44.7 Å². The second-order valence-electron chi connectivity index (χ2n) is 9.16. The molecule has 0 bridgehead atoms. The number of carbonyl (C=O) groups excluding carboxylic acids is 1. The largest absolute Gasteiger partial charge is 0.395 e. The van der Waals surface area contributed by atoms with E-state index in [4.69, 9.17) is 17.2 Å². The molecule has 34 heavy (non-hydrogen) atoms. The molecule has 8 nitrogen and oxygen atoms in total. The summed E-state index contributed by atoms with van der Waals surface area (Å²) in [6.07, 6.45) is 4.32. The van der Waals surface area contributed by atoms with Crippen LogP contribution in [0.2, 0.25) is 0 Å². The van der Waals surface area contributed by atoms with Gasteiger partial charge in [-0.2, -0.15) is 0 Å². The number of pyridine rings is 1. The topological polar surface area (TPSA) is 81.4 Å². The zero-order chi connectivity index (χ0) is 24.4. The van der Waals surface area contributed by atoms with Gasteiger partial charge >= 0.3 is 0 Å². The molecule has 2 saturated heterocycles. The summed E-state index contributed by atoms with van der Waals surface area (Å²) >= 11 is 6.72. The minimum absolute atomic E-state index is 0.124. The van der Waals surface area contributed by atoms with E-state index in [2.05, 4.69) is 23.6 Å². The third kappa shape index (κ3) is 5.19. The Kier molecular flexibility index (Phi) is 7.71. The molecule has 2 aliphatic heterocycles. The standard InChI is InChI=1S/C24H31N5O3S2/c1-16(2)6-7-28-23(32)19(34-24(28)33)14-18-21(27-10-8-26(9-11-27)12-13-30)25-20-5-4-17(3)15-29(20)22(18)31/h4-5,14-16,30H,6-13H2,1-3H3/b19-14-. The first-order valence-corrected chi connectivity index (χ1v) is 12.9. The maximum Gasteiger partial charge on any atom is 0.267 e. The van der Waals surface area contributed by atoms with Crippen LogP contribution in [-0.2, 0) is 4.79 Å². The van der Waals surface area contributed by atoms with Crippen LogP contribution < -0.4 is 10.5 Å². The summed E-state index contributed by atoms with van der Waals surface area (Å²) < 4.78 is 2.08. The van der Waals surface area contributed by atoms with E-state index in [1.54, 1.807) is 21.6 Å². The summed E-state index contributed by atoms with van der Waals surface area (Å²) in [6.45, 7) is 10.4.